The zero-order chi connectivity index (χ0) is 10.4. The smallest absolute Gasteiger partial charge is 0.135 e. The van der Waals surface area contributed by atoms with E-state index in [-0.39, 0.29) is 0 Å². The van der Waals surface area contributed by atoms with Crippen LogP contribution in [0.15, 0.2) is 25.6 Å². The molecular weight excluding hydrogens is 192 g/mol. The Morgan fingerprint density at radius 1 is 1.00 bits per heavy atom. The molecule has 76 valence electrons. The highest BCUT2D eigenvalue weighted by Gasteiger charge is 2.15. The second-order valence-corrected chi connectivity index (χ2v) is 10.5. The minimum Gasteiger partial charge on any atom is -0.409 e. The van der Waals surface area contributed by atoms with E-state index in [1.165, 1.54) is 5.67 Å². The first-order valence-corrected chi connectivity index (χ1v) is 9.69. The van der Waals surface area contributed by atoms with Crippen molar-refractivity contribution in [1.82, 2.24) is 9.13 Å². The standard InChI is InChI=1S/C9H22N2Si2/c1-7-10(3)12(5)9-13(6)11(4)8-2/h7-8,12-13H,1-2,9H2,3-6H3. The summed E-state index contributed by atoms with van der Waals surface area (Å²) in [5.74, 6) is 0. The fraction of sp³-hybridized carbons (Fsp3) is 0.556. The molecule has 0 aromatic heterocycles. The molecule has 0 saturated heterocycles. The van der Waals surface area contributed by atoms with Gasteiger partial charge < -0.3 is 9.13 Å². The van der Waals surface area contributed by atoms with Crippen molar-refractivity contribution in [2.24, 2.45) is 0 Å². The van der Waals surface area contributed by atoms with Crippen molar-refractivity contribution in [2.45, 2.75) is 18.8 Å². The molecule has 2 nitrogen and oxygen atoms in total. The van der Waals surface area contributed by atoms with Crippen LogP contribution in [-0.2, 0) is 0 Å². The van der Waals surface area contributed by atoms with Crippen molar-refractivity contribution in [3.8, 4) is 0 Å². The molecule has 4 heteroatoms. The van der Waals surface area contributed by atoms with Gasteiger partial charge in [-0.2, -0.15) is 0 Å². The van der Waals surface area contributed by atoms with E-state index in [9.17, 15) is 0 Å². The fourth-order valence-electron chi connectivity index (χ4n) is 1.19. The highest BCUT2D eigenvalue weighted by Crippen LogP contribution is 2.05. The van der Waals surface area contributed by atoms with Gasteiger partial charge in [0.25, 0.3) is 0 Å². The van der Waals surface area contributed by atoms with Crippen molar-refractivity contribution in [3.05, 3.63) is 25.6 Å². The van der Waals surface area contributed by atoms with E-state index >= 15 is 0 Å². The molecule has 0 spiro atoms. The van der Waals surface area contributed by atoms with E-state index in [2.05, 4.69) is 49.5 Å². The van der Waals surface area contributed by atoms with E-state index in [0.29, 0.717) is 0 Å². The van der Waals surface area contributed by atoms with Crippen LogP contribution in [0.5, 0.6) is 0 Å². The Morgan fingerprint density at radius 3 is 1.54 bits per heavy atom. The monoisotopic (exact) mass is 214 g/mol. The number of hydrogen-bond donors (Lipinski definition) is 0. The maximum absolute atomic E-state index is 3.80. The highest BCUT2D eigenvalue weighted by molar-refractivity contribution is 6.73. The van der Waals surface area contributed by atoms with Gasteiger partial charge in [0, 0.05) is 0 Å². The van der Waals surface area contributed by atoms with E-state index < -0.39 is 17.9 Å². The Balaban J connectivity index is 3.96. The lowest BCUT2D eigenvalue weighted by Gasteiger charge is -2.27. The van der Waals surface area contributed by atoms with Crippen LogP contribution in [0.2, 0.25) is 18.8 Å². The van der Waals surface area contributed by atoms with Gasteiger partial charge in [-0.05, 0) is 32.2 Å². The molecule has 0 aliphatic heterocycles. The summed E-state index contributed by atoms with van der Waals surface area (Å²) in [5.41, 5.74) is 1.39. The molecule has 0 aliphatic carbocycles. The third-order valence-corrected chi connectivity index (χ3v) is 11.3. The molecule has 0 bridgehead atoms. The predicted octanol–water partition coefficient (Wildman–Crippen LogP) is 1.38. The molecule has 2 unspecified atom stereocenters. The maximum Gasteiger partial charge on any atom is 0.135 e. The van der Waals surface area contributed by atoms with Crippen LogP contribution in [0.25, 0.3) is 0 Å². The van der Waals surface area contributed by atoms with Crippen molar-refractivity contribution >= 4 is 17.9 Å². The van der Waals surface area contributed by atoms with Gasteiger partial charge in [0.2, 0.25) is 0 Å². The van der Waals surface area contributed by atoms with Crippen LogP contribution in [0.1, 0.15) is 0 Å². The lowest BCUT2D eigenvalue weighted by molar-refractivity contribution is 0.695. The van der Waals surface area contributed by atoms with Crippen LogP contribution in [0.3, 0.4) is 0 Å². The van der Waals surface area contributed by atoms with Crippen molar-refractivity contribution in [1.29, 1.82) is 0 Å². The van der Waals surface area contributed by atoms with E-state index in [1.54, 1.807) is 0 Å². The third kappa shape index (κ3) is 4.33. The van der Waals surface area contributed by atoms with Crippen LogP contribution in [0, 0.1) is 0 Å². The van der Waals surface area contributed by atoms with Gasteiger partial charge in [0.05, 0.1) is 0 Å². The number of rotatable bonds is 6. The maximum atomic E-state index is 3.80. The molecular formula is C9H22N2Si2. The van der Waals surface area contributed by atoms with Crippen molar-refractivity contribution in [3.63, 3.8) is 0 Å². The minimum atomic E-state index is -0.737. The SMILES string of the molecule is C=CN(C)[SiH](C)C[SiH](C)N(C)C=C. The fourth-order valence-corrected chi connectivity index (χ4v) is 8.52. The summed E-state index contributed by atoms with van der Waals surface area (Å²) in [7, 11) is 2.80. The molecule has 0 amide bonds. The molecule has 0 aromatic carbocycles. The van der Waals surface area contributed by atoms with Gasteiger partial charge in [0.1, 0.15) is 17.9 Å². The second kappa shape index (κ2) is 6.04. The molecule has 0 saturated carbocycles. The molecule has 0 radical (unpaired) electrons. The summed E-state index contributed by atoms with van der Waals surface area (Å²) in [6, 6.07) is 0. The molecule has 2 atom stereocenters. The zero-order valence-corrected chi connectivity index (χ0v) is 11.6. The summed E-state index contributed by atoms with van der Waals surface area (Å²) in [5, 5.41) is 0. The lowest BCUT2D eigenvalue weighted by Crippen LogP contribution is -2.38. The van der Waals surface area contributed by atoms with Crippen LogP contribution in [-0.4, -0.2) is 41.1 Å². The molecule has 0 N–H and O–H groups in total. The molecule has 0 fully saturated rings. The normalized spacial score (nSPS) is 14.5. The summed E-state index contributed by atoms with van der Waals surface area (Å²) < 4.78 is 4.61. The summed E-state index contributed by atoms with van der Waals surface area (Å²) in [6.07, 6.45) is 3.90. The quantitative estimate of drug-likeness (QED) is 0.617. The summed E-state index contributed by atoms with van der Waals surface area (Å²) in [6.45, 7) is 12.3. The first kappa shape index (κ1) is 12.5. The Morgan fingerprint density at radius 2 is 1.31 bits per heavy atom. The van der Waals surface area contributed by atoms with Gasteiger partial charge >= 0.3 is 0 Å². The molecule has 0 aliphatic rings. The third-order valence-electron chi connectivity index (χ3n) is 2.65. The molecule has 0 heterocycles. The predicted molar refractivity (Wildman–Crippen MR) is 66.8 cm³/mol. The van der Waals surface area contributed by atoms with Crippen LogP contribution >= 0.6 is 0 Å². The highest BCUT2D eigenvalue weighted by atomic mass is 28.3. The lowest BCUT2D eigenvalue weighted by atomic mass is 11.0. The van der Waals surface area contributed by atoms with Gasteiger partial charge in [-0.15, -0.1) is 0 Å². The summed E-state index contributed by atoms with van der Waals surface area (Å²) in [4.78, 5) is 0. The Labute approximate surface area is 85.9 Å². The largest absolute Gasteiger partial charge is 0.409 e. The van der Waals surface area contributed by atoms with E-state index in [1.807, 2.05) is 12.4 Å². The van der Waals surface area contributed by atoms with Gasteiger partial charge in [0.15, 0.2) is 0 Å². The number of hydrogen-bond acceptors (Lipinski definition) is 2. The van der Waals surface area contributed by atoms with Crippen molar-refractivity contribution in [2.75, 3.05) is 14.1 Å². The average Bonchev–Trinajstić information content (AvgIpc) is 2.14. The first-order chi connectivity index (χ1) is 6.02. The first-order valence-electron chi connectivity index (χ1n) is 4.71. The Kier molecular flexibility index (Phi) is 5.82. The topological polar surface area (TPSA) is 6.48 Å². The van der Waals surface area contributed by atoms with Gasteiger partial charge in [-0.25, -0.2) is 0 Å². The van der Waals surface area contributed by atoms with Gasteiger partial charge in [-0.1, -0.05) is 26.3 Å². The van der Waals surface area contributed by atoms with Crippen molar-refractivity contribution < 1.29 is 0 Å². The van der Waals surface area contributed by atoms with Crippen LogP contribution in [0.4, 0.5) is 0 Å². The van der Waals surface area contributed by atoms with E-state index in [0.717, 1.165) is 0 Å². The molecule has 13 heavy (non-hydrogen) atoms. The van der Waals surface area contributed by atoms with Gasteiger partial charge in [-0.3, -0.25) is 0 Å². The average molecular weight is 214 g/mol. The summed E-state index contributed by atoms with van der Waals surface area (Å²) >= 11 is 0. The molecule has 0 rings (SSSR count). The Hall–Kier alpha value is -0.486. The second-order valence-electron chi connectivity index (χ2n) is 3.63. The minimum absolute atomic E-state index is 0.737. The zero-order valence-electron chi connectivity index (χ0n) is 9.33. The molecule has 0 aromatic rings. The van der Waals surface area contributed by atoms with E-state index in [4.69, 9.17) is 0 Å². The van der Waals surface area contributed by atoms with Crippen LogP contribution < -0.4 is 0 Å². The number of nitrogens with zero attached hydrogens (tertiary/aromatic N) is 2. The Bertz CT molecular complexity index is 155.